The molecule has 2 aliphatic rings. The van der Waals surface area contributed by atoms with E-state index >= 15 is 0 Å². The first-order valence-corrected chi connectivity index (χ1v) is 13.3. The Labute approximate surface area is 177 Å². The van der Waals surface area contributed by atoms with Crippen LogP contribution in [-0.2, 0) is 24.7 Å². The zero-order valence-electron chi connectivity index (χ0n) is 16.9. The molecule has 2 aliphatic heterocycles. The molecule has 1 aromatic rings. The highest BCUT2D eigenvalue weighted by Gasteiger charge is 2.30. The molecule has 11 heteroatoms. The monoisotopic (exact) mass is 457 g/mol. The van der Waals surface area contributed by atoms with Gasteiger partial charge in [0, 0.05) is 31.2 Å². The van der Waals surface area contributed by atoms with E-state index in [-0.39, 0.29) is 35.1 Å². The maximum Gasteiger partial charge on any atom is 0.254 e. The minimum atomic E-state index is -3.55. The van der Waals surface area contributed by atoms with Crippen molar-refractivity contribution < 1.29 is 26.4 Å². The highest BCUT2D eigenvalue weighted by Crippen LogP contribution is 2.21. The second-order valence-corrected chi connectivity index (χ2v) is 11.8. The molecule has 0 unspecified atom stereocenters. The third kappa shape index (κ3) is 5.19. The molecule has 30 heavy (non-hydrogen) atoms. The van der Waals surface area contributed by atoms with Crippen LogP contribution in [0.3, 0.4) is 0 Å². The van der Waals surface area contributed by atoms with Crippen molar-refractivity contribution in [3.05, 3.63) is 29.8 Å². The van der Waals surface area contributed by atoms with Gasteiger partial charge in [0.15, 0.2) is 9.84 Å². The van der Waals surface area contributed by atoms with Gasteiger partial charge in [-0.15, -0.1) is 0 Å². The van der Waals surface area contributed by atoms with Crippen LogP contribution in [0, 0.1) is 0 Å². The number of rotatable bonds is 7. The third-order valence-electron chi connectivity index (χ3n) is 5.41. The van der Waals surface area contributed by atoms with Crippen LogP contribution in [0.4, 0.5) is 0 Å². The Balaban J connectivity index is 1.63. The Morgan fingerprint density at radius 2 is 1.80 bits per heavy atom. The Morgan fingerprint density at radius 1 is 1.17 bits per heavy atom. The van der Waals surface area contributed by atoms with E-state index in [1.54, 1.807) is 6.92 Å². The second kappa shape index (κ2) is 9.03. The quantitative estimate of drug-likeness (QED) is 0.626. The van der Waals surface area contributed by atoms with E-state index in [0.717, 1.165) is 12.8 Å². The summed E-state index contributed by atoms with van der Waals surface area (Å²) in [6.07, 6.45) is 2.06. The van der Waals surface area contributed by atoms with Crippen molar-refractivity contribution in [2.75, 3.05) is 37.7 Å². The molecule has 0 saturated carbocycles. The first-order valence-electron chi connectivity index (χ1n) is 10.0. The smallest absolute Gasteiger partial charge is 0.254 e. The van der Waals surface area contributed by atoms with Gasteiger partial charge in [-0.1, -0.05) is 0 Å². The van der Waals surface area contributed by atoms with Gasteiger partial charge < -0.3 is 10.2 Å². The van der Waals surface area contributed by atoms with E-state index in [0.29, 0.717) is 19.5 Å². The number of amides is 2. The summed E-state index contributed by atoms with van der Waals surface area (Å²) in [7, 11) is -6.66. The Hall–Kier alpha value is -1.98. The molecular formula is C19H27N3O6S2. The Kier molecular flexibility index (Phi) is 6.83. The number of likely N-dealkylation sites (N-methyl/N-ethyl adjacent to an activating group) is 1. The van der Waals surface area contributed by atoms with Gasteiger partial charge in [-0.05, 0) is 50.5 Å². The molecule has 1 aromatic carbocycles. The predicted molar refractivity (Wildman–Crippen MR) is 111 cm³/mol. The van der Waals surface area contributed by atoms with Gasteiger partial charge in [0.25, 0.3) is 5.91 Å². The van der Waals surface area contributed by atoms with Crippen LogP contribution in [-0.4, -0.2) is 81.6 Å². The molecule has 2 heterocycles. The topological polar surface area (TPSA) is 121 Å². The van der Waals surface area contributed by atoms with Crippen molar-refractivity contribution in [1.29, 1.82) is 0 Å². The Bertz CT molecular complexity index is 999. The molecule has 0 aliphatic carbocycles. The third-order valence-corrected chi connectivity index (χ3v) is 9.09. The highest BCUT2D eigenvalue weighted by atomic mass is 32.2. The fourth-order valence-corrected chi connectivity index (χ4v) is 6.90. The summed E-state index contributed by atoms with van der Waals surface area (Å²) in [4.78, 5) is 26.5. The molecule has 1 N–H and O–H groups in total. The van der Waals surface area contributed by atoms with Crippen LogP contribution >= 0.6 is 0 Å². The first-order chi connectivity index (χ1) is 14.1. The van der Waals surface area contributed by atoms with Crippen LogP contribution in [0.2, 0.25) is 0 Å². The summed E-state index contributed by atoms with van der Waals surface area (Å²) in [6.45, 7) is 2.83. The minimum absolute atomic E-state index is 0.0566. The lowest BCUT2D eigenvalue weighted by molar-refractivity contribution is -0.122. The molecule has 2 saturated heterocycles. The first kappa shape index (κ1) is 22.7. The fraction of sp³-hybridized carbons (Fsp3) is 0.579. The van der Waals surface area contributed by atoms with E-state index in [2.05, 4.69) is 5.32 Å². The van der Waals surface area contributed by atoms with Crippen molar-refractivity contribution in [3.8, 4) is 0 Å². The lowest BCUT2D eigenvalue weighted by Gasteiger charge is -2.22. The van der Waals surface area contributed by atoms with Crippen molar-refractivity contribution in [2.45, 2.75) is 37.1 Å². The van der Waals surface area contributed by atoms with Crippen molar-refractivity contribution in [1.82, 2.24) is 14.5 Å². The Morgan fingerprint density at radius 3 is 2.33 bits per heavy atom. The standard InChI is InChI=1S/C19H27N3O6S2/c1-2-21(13-18(23)20-16-9-12-29(25,26)14-16)19(24)15-5-7-17(8-6-15)30(27,28)22-10-3-4-11-22/h5-8,16H,2-4,9-14H2,1H3,(H,20,23)/t16-/m1/s1. The molecule has 3 rings (SSSR count). The zero-order valence-corrected chi connectivity index (χ0v) is 18.5. The maximum atomic E-state index is 12.8. The van der Waals surface area contributed by atoms with Gasteiger partial charge >= 0.3 is 0 Å². The van der Waals surface area contributed by atoms with Gasteiger partial charge in [-0.3, -0.25) is 9.59 Å². The number of carbonyl (C=O) groups excluding carboxylic acids is 2. The number of benzene rings is 1. The van der Waals surface area contributed by atoms with E-state index in [9.17, 15) is 26.4 Å². The van der Waals surface area contributed by atoms with Crippen LogP contribution in [0.15, 0.2) is 29.2 Å². The van der Waals surface area contributed by atoms with Crippen LogP contribution < -0.4 is 5.32 Å². The molecular weight excluding hydrogens is 430 g/mol. The second-order valence-electron chi connectivity index (χ2n) is 7.62. The average Bonchev–Trinajstić information content (AvgIpc) is 3.36. The average molecular weight is 458 g/mol. The predicted octanol–water partition coefficient (Wildman–Crippen LogP) is 0.237. The summed E-state index contributed by atoms with van der Waals surface area (Å²) in [5, 5.41) is 2.67. The fourth-order valence-electron chi connectivity index (χ4n) is 3.71. The number of carbonyl (C=O) groups is 2. The molecule has 9 nitrogen and oxygen atoms in total. The van der Waals surface area contributed by atoms with Crippen LogP contribution in [0.25, 0.3) is 0 Å². The number of hydrogen-bond acceptors (Lipinski definition) is 6. The van der Waals surface area contributed by atoms with Gasteiger partial charge in [-0.25, -0.2) is 16.8 Å². The summed E-state index contributed by atoms with van der Waals surface area (Å²) in [6, 6.07) is 5.31. The SMILES string of the molecule is CCN(CC(=O)N[C@@H]1CCS(=O)(=O)C1)C(=O)c1ccc(S(=O)(=O)N2CCCC2)cc1. The lowest BCUT2D eigenvalue weighted by atomic mass is 10.2. The molecule has 166 valence electrons. The van der Waals surface area contributed by atoms with E-state index in [1.807, 2.05) is 0 Å². The van der Waals surface area contributed by atoms with Gasteiger partial charge in [0.2, 0.25) is 15.9 Å². The van der Waals surface area contributed by atoms with Crippen molar-refractivity contribution >= 4 is 31.7 Å². The highest BCUT2D eigenvalue weighted by molar-refractivity contribution is 7.91. The van der Waals surface area contributed by atoms with Crippen molar-refractivity contribution in [3.63, 3.8) is 0 Å². The normalized spacial score (nSPS) is 21.4. The largest absolute Gasteiger partial charge is 0.351 e. The number of hydrogen-bond donors (Lipinski definition) is 1. The molecule has 0 aromatic heterocycles. The molecule has 0 spiro atoms. The van der Waals surface area contributed by atoms with E-state index in [1.165, 1.54) is 33.5 Å². The summed E-state index contributed by atoms with van der Waals surface area (Å²) >= 11 is 0. The number of nitrogens with zero attached hydrogens (tertiary/aromatic N) is 2. The maximum absolute atomic E-state index is 12.8. The molecule has 0 bridgehead atoms. The lowest BCUT2D eigenvalue weighted by Crippen LogP contribution is -2.44. The van der Waals surface area contributed by atoms with Crippen LogP contribution in [0.5, 0.6) is 0 Å². The molecule has 2 amide bonds. The van der Waals surface area contributed by atoms with Gasteiger partial charge in [0.1, 0.15) is 0 Å². The summed E-state index contributed by atoms with van der Waals surface area (Å²) in [5.74, 6) is -0.829. The number of sulfone groups is 1. The molecule has 1 atom stereocenters. The zero-order chi connectivity index (χ0) is 21.9. The number of nitrogens with one attached hydrogen (secondary N) is 1. The number of sulfonamides is 1. The van der Waals surface area contributed by atoms with Crippen molar-refractivity contribution in [2.24, 2.45) is 0 Å². The summed E-state index contributed by atoms with van der Waals surface area (Å²) < 4.78 is 49.7. The van der Waals surface area contributed by atoms with E-state index in [4.69, 9.17) is 0 Å². The minimum Gasteiger partial charge on any atom is -0.351 e. The van der Waals surface area contributed by atoms with E-state index < -0.39 is 37.7 Å². The summed E-state index contributed by atoms with van der Waals surface area (Å²) in [5.41, 5.74) is 0.286. The van der Waals surface area contributed by atoms with Crippen LogP contribution in [0.1, 0.15) is 36.5 Å². The molecule has 2 fully saturated rings. The van der Waals surface area contributed by atoms with Gasteiger partial charge in [-0.2, -0.15) is 4.31 Å². The van der Waals surface area contributed by atoms with Gasteiger partial charge in [0.05, 0.1) is 22.9 Å². The molecule has 0 radical (unpaired) electrons.